The molecule has 1 rings (SSSR count). The Labute approximate surface area is 45.6 Å². The molecule has 1 N–H and O–H groups in total. The number of H-pyrrole nitrogens is 1. The van der Waals surface area contributed by atoms with Gasteiger partial charge in [0.25, 0.3) is 0 Å². The fraction of sp³-hybridized carbons (Fsp3) is 0. The maximum absolute atomic E-state index is 10.3. The van der Waals surface area contributed by atoms with E-state index >= 15 is 0 Å². The van der Waals surface area contributed by atoms with Gasteiger partial charge in [-0.25, -0.2) is 0 Å². The molecule has 0 fully saturated rings. The molecule has 1 heterocycles. The Morgan fingerprint density at radius 1 is 1.62 bits per heavy atom. The van der Waals surface area contributed by atoms with E-state index < -0.39 is 11.3 Å². The van der Waals surface area contributed by atoms with E-state index in [1.54, 1.807) is 0 Å². The minimum atomic E-state index is -0.562. The third-order valence-corrected chi connectivity index (χ3v) is 0.782. The number of aromatic nitrogens is 1. The van der Waals surface area contributed by atoms with Gasteiger partial charge in [-0.1, -0.05) is 6.07 Å². The van der Waals surface area contributed by atoms with Crippen molar-refractivity contribution in [1.82, 2.24) is 4.98 Å². The maximum Gasteiger partial charge on any atom is 0.240 e. The summed E-state index contributed by atoms with van der Waals surface area (Å²) < 4.78 is 0. The molecule has 3 heteroatoms. The fourth-order valence-corrected chi connectivity index (χ4v) is 0.406. The summed E-state index contributed by atoms with van der Waals surface area (Å²) in [4.78, 5) is 12.5. The van der Waals surface area contributed by atoms with Crippen LogP contribution in [0.5, 0.6) is 5.75 Å². The lowest BCUT2D eigenvalue weighted by atomic mass is 10.5. The van der Waals surface area contributed by atoms with E-state index in [0.29, 0.717) is 0 Å². The van der Waals surface area contributed by atoms with E-state index in [9.17, 15) is 9.90 Å². The summed E-state index contributed by atoms with van der Waals surface area (Å²) in [7, 11) is 0. The van der Waals surface area contributed by atoms with E-state index in [-0.39, 0.29) is 0 Å². The highest BCUT2D eigenvalue weighted by molar-refractivity contribution is 5.11. The Balaban J connectivity index is 3.35. The second-order valence-electron chi connectivity index (χ2n) is 1.36. The van der Waals surface area contributed by atoms with E-state index in [2.05, 4.69) is 4.98 Å². The van der Waals surface area contributed by atoms with Crippen molar-refractivity contribution < 1.29 is 5.11 Å². The van der Waals surface area contributed by atoms with E-state index in [4.69, 9.17) is 0 Å². The molecule has 3 nitrogen and oxygen atoms in total. The summed E-state index contributed by atoms with van der Waals surface area (Å²) in [6.07, 6.45) is 1.42. The van der Waals surface area contributed by atoms with E-state index in [1.807, 2.05) is 0 Å². The van der Waals surface area contributed by atoms with Crippen molar-refractivity contribution in [2.75, 3.05) is 0 Å². The van der Waals surface area contributed by atoms with Gasteiger partial charge < -0.3 is 10.1 Å². The standard InChI is InChI=1S/C5H5NO2/c7-4-2-1-3-6-5(4)8/h1-3,7H,(H,6,8)/p-1. The van der Waals surface area contributed by atoms with Gasteiger partial charge in [-0.15, -0.1) is 0 Å². The van der Waals surface area contributed by atoms with Crippen LogP contribution in [0.3, 0.4) is 0 Å². The lowest BCUT2D eigenvalue weighted by Crippen LogP contribution is -2.10. The lowest BCUT2D eigenvalue weighted by Gasteiger charge is -1.97. The van der Waals surface area contributed by atoms with Crippen molar-refractivity contribution >= 4 is 0 Å². The first kappa shape index (κ1) is 4.90. The van der Waals surface area contributed by atoms with Gasteiger partial charge in [0.2, 0.25) is 5.56 Å². The summed E-state index contributed by atoms with van der Waals surface area (Å²) >= 11 is 0. The molecule has 0 aromatic carbocycles. The predicted molar refractivity (Wildman–Crippen MR) is 26.5 cm³/mol. The molecular weight excluding hydrogens is 106 g/mol. The molecule has 0 aliphatic heterocycles. The van der Waals surface area contributed by atoms with Crippen molar-refractivity contribution in [3.8, 4) is 5.75 Å². The predicted octanol–water partition coefficient (Wildman–Crippen LogP) is -0.552. The third kappa shape index (κ3) is 0.703. The summed E-state index contributed by atoms with van der Waals surface area (Å²) in [6, 6.07) is 2.71. The van der Waals surface area contributed by atoms with Crippen molar-refractivity contribution in [1.29, 1.82) is 0 Å². The van der Waals surface area contributed by atoms with Crippen molar-refractivity contribution in [2.24, 2.45) is 0 Å². The number of hydrogen-bond donors (Lipinski definition) is 1. The van der Waals surface area contributed by atoms with Crippen LogP contribution in [0.15, 0.2) is 23.1 Å². The highest BCUT2D eigenvalue weighted by Gasteiger charge is 1.76. The highest BCUT2D eigenvalue weighted by Crippen LogP contribution is 1.86. The highest BCUT2D eigenvalue weighted by atomic mass is 16.3. The summed E-state index contributed by atoms with van der Waals surface area (Å²) in [5.41, 5.74) is -0.562. The van der Waals surface area contributed by atoms with Crippen LogP contribution >= 0.6 is 0 Å². The maximum atomic E-state index is 10.3. The largest absolute Gasteiger partial charge is 0.869 e. The van der Waals surface area contributed by atoms with Gasteiger partial charge in [0.05, 0.1) is 0 Å². The molecule has 0 aliphatic rings. The first-order chi connectivity index (χ1) is 3.80. The third-order valence-electron chi connectivity index (χ3n) is 0.782. The zero-order valence-corrected chi connectivity index (χ0v) is 4.05. The monoisotopic (exact) mass is 110 g/mol. The Kier molecular flexibility index (Phi) is 1.04. The SMILES string of the molecule is O=c1[nH]cccc1[O-]. The van der Waals surface area contributed by atoms with Gasteiger partial charge in [-0.05, 0) is 11.8 Å². The second-order valence-corrected chi connectivity index (χ2v) is 1.36. The van der Waals surface area contributed by atoms with Crippen molar-refractivity contribution in [2.45, 2.75) is 0 Å². The molecule has 0 bridgehead atoms. The van der Waals surface area contributed by atoms with Crippen LogP contribution in [0.4, 0.5) is 0 Å². The number of pyridine rings is 1. The number of hydrogen-bond acceptors (Lipinski definition) is 2. The van der Waals surface area contributed by atoms with Crippen LogP contribution in [0.1, 0.15) is 0 Å². The average molecular weight is 110 g/mol. The van der Waals surface area contributed by atoms with Gasteiger partial charge in [-0.3, -0.25) is 4.79 Å². The molecule has 0 saturated heterocycles. The van der Waals surface area contributed by atoms with Gasteiger partial charge in [0.15, 0.2) is 0 Å². The average Bonchev–Trinajstić information content (AvgIpc) is 1.77. The Morgan fingerprint density at radius 2 is 2.38 bits per heavy atom. The molecule has 0 saturated carbocycles. The summed E-state index contributed by atoms with van der Waals surface area (Å²) in [5, 5.41) is 10.3. The molecule has 0 radical (unpaired) electrons. The van der Waals surface area contributed by atoms with Crippen LogP contribution in [-0.2, 0) is 0 Å². The molecule has 0 atom stereocenters. The van der Waals surface area contributed by atoms with Crippen LogP contribution in [-0.4, -0.2) is 4.98 Å². The van der Waals surface area contributed by atoms with Crippen LogP contribution in [0.2, 0.25) is 0 Å². The number of rotatable bonds is 0. The number of aromatic amines is 1. The first-order valence-electron chi connectivity index (χ1n) is 2.15. The molecule has 0 unspecified atom stereocenters. The molecule has 8 heavy (non-hydrogen) atoms. The van der Waals surface area contributed by atoms with Crippen molar-refractivity contribution in [3.05, 3.63) is 28.7 Å². The molecule has 0 aliphatic carbocycles. The van der Waals surface area contributed by atoms with Gasteiger partial charge in [0.1, 0.15) is 0 Å². The second kappa shape index (κ2) is 1.69. The topological polar surface area (TPSA) is 55.9 Å². The molecule has 1 aromatic heterocycles. The van der Waals surface area contributed by atoms with Gasteiger partial charge in [-0.2, -0.15) is 0 Å². The first-order valence-corrected chi connectivity index (χ1v) is 2.15. The number of nitrogens with one attached hydrogen (secondary N) is 1. The molecule has 42 valence electrons. The minimum Gasteiger partial charge on any atom is -0.869 e. The molecular formula is C5H4NO2-. The van der Waals surface area contributed by atoms with E-state index in [1.165, 1.54) is 18.3 Å². The van der Waals surface area contributed by atoms with Crippen molar-refractivity contribution in [3.63, 3.8) is 0 Å². The zero-order valence-electron chi connectivity index (χ0n) is 4.05. The van der Waals surface area contributed by atoms with Gasteiger partial charge >= 0.3 is 0 Å². The Hall–Kier alpha value is -1.25. The van der Waals surface area contributed by atoms with Crippen LogP contribution in [0.25, 0.3) is 0 Å². The van der Waals surface area contributed by atoms with E-state index in [0.717, 1.165) is 0 Å². The van der Waals surface area contributed by atoms with Crippen LogP contribution in [0, 0.1) is 0 Å². The smallest absolute Gasteiger partial charge is 0.240 e. The molecule has 1 aromatic rings. The van der Waals surface area contributed by atoms with Gasteiger partial charge in [0, 0.05) is 6.20 Å². The normalized spacial score (nSPS) is 9.00. The quantitative estimate of drug-likeness (QED) is 0.487. The zero-order chi connectivity index (χ0) is 5.98. The molecule has 0 amide bonds. The van der Waals surface area contributed by atoms with Crippen LogP contribution < -0.4 is 10.7 Å². The Morgan fingerprint density at radius 3 is 2.75 bits per heavy atom. The fourth-order valence-electron chi connectivity index (χ4n) is 0.406. The molecule has 0 spiro atoms. The Bertz CT molecular complexity index is 228. The summed E-state index contributed by atoms with van der Waals surface area (Å²) in [5.74, 6) is -0.493. The summed E-state index contributed by atoms with van der Waals surface area (Å²) in [6.45, 7) is 0. The lowest BCUT2D eigenvalue weighted by molar-refractivity contribution is -0.270. The minimum absolute atomic E-state index is 0.493.